The minimum atomic E-state index is -0.942. The van der Waals surface area contributed by atoms with E-state index in [0.29, 0.717) is 11.7 Å². The van der Waals surface area contributed by atoms with Crippen LogP contribution in [0, 0.1) is 0 Å². The second-order valence-corrected chi connectivity index (χ2v) is 4.74. The van der Waals surface area contributed by atoms with Crippen LogP contribution < -0.4 is 5.32 Å². The highest BCUT2D eigenvalue weighted by Crippen LogP contribution is 2.18. The molecule has 1 aromatic rings. The molecule has 0 aliphatic carbocycles. The van der Waals surface area contributed by atoms with Gasteiger partial charge in [0.2, 0.25) is 0 Å². The van der Waals surface area contributed by atoms with Gasteiger partial charge in [-0.05, 0) is 32.5 Å². The molecule has 0 bridgehead atoms. The van der Waals surface area contributed by atoms with E-state index < -0.39 is 5.97 Å². The van der Waals surface area contributed by atoms with Crippen molar-refractivity contribution in [2.75, 3.05) is 25.5 Å². The molecule has 5 heteroatoms. The van der Waals surface area contributed by atoms with Crippen molar-refractivity contribution in [3.63, 3.8) is 0 Å². The van der Waals surface area contributed by atoms with Crippen LogP contribution in [-0.2, 0) is 0 Å². The number of carbonyl (C=O) groups is 1. The van der Waals surface area contributed by atoms with Crippen molar-refractivity contribution in [3.8, 4) is 0 Å². The number of carboxylic acid groups (broad SMARTS) is 1. The summed E-state index contributed by atoms with van der Waals surface area (Å²) >= 11 is 0. The van der Waals surface area contributed by atoms with Crippen LogP contribution in [0.3, 0.4) is 0 Å². The number of likely N-dealkylation sites (tertiary alicyclic amines) is 1. The van der Waals surface area contributed by atoms with Gasteiger partial charge in [-0.3, -0.25) is 4.98 Å². The zero-order chi connectivity index (χ0) is 13.0. The first-order chi connectivity index (χ1) is 8.68. The Balaban J connectivity index is 1.99. The summed E-state index contributed by atoms with van der Waals surface area (Å²) < 4.78 is 0. The van der Waals surface area contributed by atoms with E-state index in [-0.39, 0.29) is 5.56 Å². The highest BCUT2D eigenvalue weighted by molar-refractivity contribution is 5.93. The lowest BCUT2D eigenvalue weighted by Crippen LogP contribution is -2.40. The molecule has 5 nitrogen and oxygen atoms in total. The maximum atomic E-state index is 11.0. The Hall–Kier alpha value is -1.62. The van der Waals surface area contributed by atoms with E-state index in [9.17, 15) is 4.79 Å². The summed E-state index contributed by atoms with van der Waals surface area (Å²) in [6.45, 7) is 1.90. The molecule has 1 saturated heterocycles. The number of nitrogens with one attached hydrogen (secondary N) is 1. The molecule has 0 spiro atoms. The standard InChI is InChI=1S/C13H19N3O2/c1-16-7-3-2-4-10(16)8-15-12-5-6-14-9-11(12)13(17)18/h5-6,9-10H,2-4,7-8H2,1H3,(H,14,15)(H,17,18). The Morgan fingerprint density at radius 2 is 2.44 bits per heavy atom. The molecule has 1 fully saturated rings. The molecule has 0 saturated carbocycles. The molecule has 1 atom stereocenters. The lowest BCUT2D eigenvalue weighted by atomic mass is 10.0. The smallest absolute Gasteiger partial charge is 0.339 e. The van der Waals surface area contributed by atoms with Crippen molar-refractivity contribution in [1.29, 1.82) is 0 Å². The summed E-state index contributed by atoms with van der Waals surface area (Å²) in [5, 5.41) is 12.3. The molecule has 1 unspecified atom stereocenters. The topological polar surface area (TPSA) is 65.5 Å². The van der Waals surface area contributed by atoms with Gasteiger partial charge in [-0.25, -0.2) is 4.79 Å². The van der Waals surface area contributed by atoms with E-state index in [0.717, 1.165) is 19.5 Å². The first-order valence-electron chi connectivity index (χ1n) is 6.30. The number of aromatic nitrogens is 1. The molecule has 0 amide bonds. The van der Waals surface area contributed by atoms with Crippen LogP contribution in [0.25, 0.3) is 0 Å². The number of hydrogen-bond donors (Lipinski definition) is 2. The Bertz CT molecular complexity index is 422. The molecular weight excluding hydrogens is 230 g/mol. The van der Waals surface area contributed by atoms with Gasteiger partial charge in [0, 0.05) is 25.0 Å². The van der Waals surface area contributed by atoms with Gasteiger partial charge in [-0.1, -0.05) is 6.42 Å². The first-order valence-corrected chi connectivity index (χ1v) is 6.30. The van der Waals surface area contributed by atoms with E-state index in [1.807, 2.05) is 0 Å². The second-order valence-electron chi connectivity index (χ2n) is 4.74. The van der Waals surface area contributed by atoms with E-state index in [1.54, 1.807) is 12.3 Å². The Morgan fingerprint density at radius 1 is 1.61 bits per heavy atom. The third kappa shape index (κ3) is 2.98. The fourth-order valence-corrected chi connectivity index (χ4v) is 2.35. The minimum absolute atomic E-state index is 0.232. The predicted molar refractivity (Wildman–Crippen MR) is 70.0 cm³/mol. The number of nitrogens with zero attached hydrogens (tertiary/aromatic N) is 2. The largest absolute Gasteiger partial charge is 0.478 e. The van der Waals surface area contributed by atoms with Crippen molar-refractivity contribution >= 4 is 11.7 Å². The normalized spacial score (nSPS) is 20.6. The molecule has 18 heavy (non-hydrogen) atoms. The summed E-state index contributed by atoms with van der Waals surface area (Å²) in [6, 6.07) is 2.19. The highest BCUT2D eigenvalue weighted by atomic mass is 16.4. The fraction of sp³-hybridized carbons (Fsp3) is 0.538. The monoisotopic (exact) mass is 249 g/mol. The van der Waals surface area contributed by atoms with Crippen molar-refractivity contribution in [2.45, 2.75) is 25.3 Å². The van der Waals surface area contributed by atoms with Crippen molar-refractivity contribution in [3.05, 3.63) is 24.0 Å². The summed E-state index contributed by atoms with van der Waals surface area (Å²) in [4.78, 5) is 17.2. The van der Waals surface area contributed by atoms with Gasteiger partial charge in [0.05, 0.1) is 5.69 Å². The first kappa shape index (κ1) is 12.8. The van der Waals surface area contributed by atoms with Gasteiger partial charge in [-0.2, -0.15) is 0 Å². The van der Waals surface area contributed by atoms with Gasteiger partial charge in [-0.15, -0.1) is 0 Å². The maximum Gasteiger partial charge on any atom is 0.339 e. The van der Waals surface area contributed by atoms with Gasteiger partial charge >= 0.3 is 5.97 Å². The molecule has 0 aromatic carbocycles. The molecular formula is C13H19N3O2. The maximum absolute atomic E-state index is 11.0. The average molecular weight is 249 g/mol. The zero-order valence-electron chi connectivity index (χ0n) is 10.6. The molecule has 2 heterocycles. The van der Waals surface area contributed by atoms with Crippen molar-refractivity contribution < 1.29 is 9.90 Å². The minimum Gasteiger partial charge on any atom is -0.478 e. The molecule has 1 aliphatic rings. The van der Waals surface area contributed by atoms with Crippen LogP contribution in [0.2, 0.25) is 0 Å². The molecule has 2 rings (SSSR count). The molecule has 0 radical (unpaired) electrons. The number of anilines is 1. The fourth-order valence-electron chi connectivity index (χ4n) is 2.35. The van der Waals surface area contributed by atoms with E-state index in [4.69, 9.17) is 5.11 Å². The summed E-state index contributed by atoms with van der Waals surface area (Å²) in [5.74, 6) is -0.942. The third-order valence-corrected chi connectivity index (χ3v) is 3.50. The Morgan fingerprint density at radius 3 is 3.17 bits per heavy atom. The Labute approximate surface area is 107 Å². The van der Waals surface area contributed by atoms with Crippen LogP contribution in [0.15, 0.2) is 18.5 Å². The number of carboxylic acids is 1. The second kappa shape index (κ2) is 5.82. The molecule has 1 aromatic heterocycles. The summed E-state index contributed by atoms with van der Waals surface area (Å²) in [7, 11) is 2.12. The van der Waals surface area contributed by atoms with Gasteiger partial charge in [0.1, 0.15) is 5.56 Å². The number of aromatic carboxylic acids is 1. The summed E-state index contributed by atoms with van der Waals surface area (Å²) in [6.07, 6.45) is 6.66. The van der Waals surface area contributed by atoms with Crippen LogP contribution in [0.5, 0.6) is 0 Å². The van der Waals surface area contributed by atoms with Gasteiger partial charge in [0.15, 0.2) is 0 Å². The van der Waals surface area contributed by atoms with Gasteiger partial charge in [0.25, 0.3) is 0 Å². The lowest BCUT2D eigenvalue weighted by molar-refractivity contribution is 0.0697. The SMILES string of the molecule is CN1CCCCC1CNc1ccncc1C(=O)O. The predicted octanol–water partition coefficient (Wildman–Crippen LogP) is 1.68. The number of piperidine rings is 1. The summed E-state index contributed by atoms with van der Waals surface area (Å²) in [5.41, 5.74) is 0.882. The number of pyridine rings is 1. The number of hydrogen-bond acceptors (Lipinski definition) is 4. The highest BCUT2D eigenvalue weighted by Gasteiger charge is 2.19. The van der Waals surface area contributed by atoms with Crippen LogP contribution in [-0.4, -0.2) is 47.1 Å². The molecule has 1 aliphatic heterocycles. The van der Waals surface area contributed by atoms with Crippen LogP contribution >= 0.6 is 0 Å². The van der Waals surface area contributed by atoms with E-state index >= 15 is 0 Å². The molecule has 98 valence electrons. The quantitative estimate of drug-likeness (QED) is 0.850. The third-order valence-electron chi connectivity index (χ3n) is 3.50. The number of rotatable bonds is 4. The van der Waals surface area contributed by atoms with E-state index in [1.165, 1.54) is 19.0 Å². The van der Waals surface area contributed by atoms with Crippen LogP contribution in [0.4, 0.5) is 5.69 Å². The van der Waals surface area contributed by atoms with Crippen molar-refractivity contribution in [2.24, 2.45) is 0 Å². The van der Waals surface area contributed by atoms with E-state index in [2.05, 4.69) is 22.2 Å². The number of likely N-dealkylation sites (N-methyl/N-ethyl adjacent to an activating group) is 1. The zero-order valence-corrected chi connectivity index (χ0v) is 10.6. The van der Waals surface area contributed by atoms with Crippen LogP contribution in [0.1, 0.15) is 29.6 Å². The lowest BCUT2D eigenvalue weighted by Gasteiger charge is -2.32. The molecule has 2 N–H and O–H groups in total. The Kier molecular flexibility index (Phi) is 4.15. The average Bonchev–Trinajstić information content (AvgIpc) is 2.38. The van der Waals surface area contributed by atoms with Crippen molar-refractivity contribution in [1.82, 2.24) is 9.88 Å². The van der Waals surface area contributed by atoms with Gasteiger partial charge < -0.3 is 15.3 Å².